The summed E-state index contributed by atoms with van der Waals surface area (Å²) in [6.07, 6.45) is 0.253. The third-order valence-electron chi connectivity index (χ3n) is 9.28. The van der Waals surface area contributed by atoms with Gasteiger partial charge in [0.05, 0.1) is 30.6 Å². The van der Waals surface area contributed by atoms with Crippen LogP contribution in [0.3, 0.4) is 0 Å². The zero-order chi connectivity index (χ0) is 40.8. The van der Waals surface area contributed by atoms with Crippen molar-refractivity contribution in [2.24, 2.45) is 17.8 Å². The van der Waals surface area contributed by atoms with Gasteiger partial charge in [-0.05, 0) is 41.7 Å². The maximum Gasteiger partial charge on any atom is 0.347 e. The third-order valence-corrected chi connectivity index (χ3v) is 9.58. The molecule has 14 nitrogen and oxygen atoms in total. The number of cyclic esters (lactones) is 2. The molecule has 2 N–H and O–H groups in total. The van der Waals surface area contributed by atoms with Crippen molar-refractivity contribution in [3.05, 3.63) is 89.5 Å². The van der Waals surface area contributed by atoms with Crippen LogP contribution in [0.2, 0.25) is 5.02 Å². The minimum Gasteiger partial charge on any atom is -0.495 e. The summed E-state index contributed by atoms with van der Waals surface area (Å²) in [6.45, 7) is 7.57. The normalized spacial score (nSPS) is 26.3. The quantitative estimate of drug-likeness (QED) is 0.162. The number of nitrogens with one attached hydrogen (secondary N) is 2. The first kappa shape index (κ1) is 44.0. The van der Waals surface area contributed by atoms with Crippen molar-refractivity contribution in [3.8, 4) is 5.75 Å². The van der Waals surface area contributed by atoms with Gasteiger partial charge >= 0.3 is 17.9 Å². The Balaban J connectivity index is 1.71. The first-order valence-electron chi connectivity index (χ1n) is 18.5. The van der Waals surface area contributed by atoms with Crippen molar-refractivity contribution >= 4 is 41.3 Å². The third kappa shape index (κ3) is 12.6. The lowest BCUT2D eigenvalue weighted by Crippen LogP contribution is -2.49. The lowest BCUT2D eigenvalue weighted by molar-refractivity contribution is -0.233. The van der Waals surface area contributed by atoms with E-state index in [4.69, 9.17) is 44.8 Å². The second-order valence-corrected chi connectivity index (χ2v) is 14.4. The number of amides is 2. The summed E-state index contributed by atoms with van der Waals surface area (Å²) in [4.78, 5) is 67.6. The molecule has 2 heterocycles. The minimum atomic E-state index is -1.37. The molecule has 1 saturated heterocycles. The lowest BCUT2D eigenvalue weighted by Gasteiger charge is -2.31. The van der Waals surface area contributed by atoms with E-state index in [9.17, 15) is 24.0 Å². The van der Waals surface area contributed by atoms with Crippen LogP contribution in [0, 0.1) is 17.8 Å². The summed E-state index contributed by atoms with van der Waals surface area (Å²) in [5, 5.41) is 5.69. The molecule has 15 heteroatoms. The molecular formula is C41H51ClN2O12. The van der Waals surface area contributed by atoms with Crippen LogP contribution < -0.4 is 15.4 Å². The van der Waals surface area contributed by atoms with Crippen molar-refractivity contribution in [3.63, 3.8) is 0 Å². The van der Waals surface area contributed by atoms with Crippen LogP contribution in [0.15, 0.2) is 73.3 Å². The Morgan fingerprint density at radius 2 is 1.77 bits per heavy atom. The Labute approximate surface area is 332 Å². The fourth-order valence-corrected chi connectivity index (χ4v) is 6.60. The number of methoxy groups -OCH3 is 2. The highest BCUT2D eigenvalue weighted by Gasteiger charge is 2.44. The Bertz CT molecular complexity index is 1700. The molecule has 2 aliphatic heterocycles. The molecule has 0 radical (unpaired) electrons. The second-order valence-electron chi connectivity index (χ2n) is 14.0. The first-order chi connectivity index (χ1) is 26.8. The molecule has 0 saturated carbocycles. The summed E-state index contributed by atoms with van der Waals surface area (Å²) in [5.41, 5.74) is 1.42. The summed E-state index contributed by atoms with van der Waals surface area (Å²) >= 11 is 6.35. The Kier molecular flexibility index (Phi) is 16.9. The zero-order valence-electron chi connectivity index (χ0n) is 32.3. The zero-order valence-corrected chi connectivity index (χ0v) is 33.0. The standard InChI is InChI=1S/C41H51ClN2O12/c1-7-18-52-35(46)22-28-23-43-38(47)30(21-26-16-17-32(50-5)29(42)20-26)44-34(45)15-11-14-31(53-40(49)33(19-24(2)3)54-39(28)48)25(4)36-37(56-41(51-6)55-36)27-12-9-8-10-13-27/h7-13,15-17,20,24-25,28,30-31,33,36-37,41H,1,14,18-19,21-23H2,2-6H3,(H,43,47)(H,44,45)/b15-11+/t25-,28-,30+,31-,33-,36+,37+,41?/m0/s1. The molecule has 2 aromatic carbocycles. The second kappa shape index (κ2) is 21.5. The minimum absolute atomic E-state index is 0.0138. The van der Waals surface area contributed by atoms with E-state index in [2.05, 4.69) is 17.2 Å². The highest BCUT2D eigenvalue weighted by molar-refractivity contribution is 6.32. The van der Waals surface area contributed by atoms with E-state index in [1.54, 1.807) is 18.2 Å². The van der Waals surface area contributed by atoms with Crippen molar-refractivity contribution in [2.75, 3.05) is 27.4 Å². The van der Waals surface area contributed by atoms with Gasteiger partial charge in [0.1, 0.15) is 30.6 Å². The monoisotopic (exact) mass is 798 g/mol. The van der Waals surface area contributed by atoms with Crippen LogP contribution in [0.4, 0.5) is 0 Å². The van der Waals surface area contributed by atoms with E-state index in [-0.39, 0.29) is 38.3 Å². The number of carbonyl (C=O) groups excluding carboxylic acids is 5. The fourth-order valence-electron chi connectivity index (χ4n) is 6.32. The molecule has 0 aliphatic carbocycles. The number of rotatable bonds is 13. The van der Waals surface area contributed by atoms with Gasteiger partial charge in [-0.1, -0.05) is 87.5 Å². The van der Waals surface area contributed by atoms with Crippen LogP contribution >= 0.6 is 11.6 Å². The van der Waals surface area contributed by atoms with Gasteiger partial charge in [0.15, 0.2) is 6.10 Å². The number of halogens is 1. The van der Waals surface area contributed by atoms with Crippen molar-refractivity contribution < 1.29 is 57.1 Å². The number of hydrogen-bond acceptors (Lipinski definition) is 12. The molecule has 2 aliphatic rings. The molecule has 1 unspecified atom stereocenters. The largest absolute Gasteiger partial charge is 0.495 e. The van der Waals surface area contributed by atoms with Gasteiger partial charge in [0.25, 0.3) is 6.48 Å². The van der Waals surface area contributed by atoms with E-state index < -0.39 is 84.9 Å². The van der Waals surface area contributed by atoms with E-state index >= 15 is 0 Å². The molecule has 0 bridgehead atoms. The summed E-state index contributed by atoms with van der Waals surface area (Å²) in [6, 6.07) is 13.2. The van der Waals surface area contributed by atoms with E-state index in [1.807, 2.05) is 51.1 Å². The Morgan fingerprint density at radius 1 is 1.02 bits per heavy atom. The summed E-state index contributed by atoms with van der Waals surface area (Å²) < 4.78 is 39.9. The van der Waals surface area contributed by atoms with Gasteiger partial charge in [0.2, 0.25) is 11.8 Å². The van der Waals surface area contributed by atoms with Gasteiger partial charge in [0, 0.05) is 32.4 Å². The van der Waals surface area contributed by atoms with Gasteiger partial charge in [-0.25, -0.2) is 4.79 Å². The lowest BCUT2D eigenvalue weighted by atomic mass is 9.89. The average molecular weight is 799 g/mol. The molecule has 2 aromatic rings. The molecule has 2 amide bonds. The number of esters is 3. The van der Waals surface area contributed by atoms with Crippen LogP contribution in [-0.4, -0.2) is 87.9 Å². The van der Waals surface area contributed by atoms with Gasteiger partial charge in [-0.3, -0.25) is 19.2 Å². The van der Waals surface area contributed by atoms with E-state index in [0.29, 0.717) is 16.3 Å². The van der Waals surface area contributed by atoms with Crippen molar-refractivity contribution in [1.82, 2.24) is 10.6 Å². The molecule has 0 aromatic heterocycles. The maximum absolute atomic E-state index is 14.0. The van der Waals surface area contributed by atoms with Crippen LogP contribution in [0.5, 0.6) is 5.75 Å². The molecule has 56 heavy (non-hydrogen) atoms. The SMILES string of the molecule is C=CCOC(=O)C[C@H]1CNC(=O)[C@@H](Cc2ccc(OC)c(Cl)c2)NC(=O)/C=C/C[C@@H]([C@H](C)[C@H]2OC(OC)O[C@@H]2c2ccccc2)OC(=O)[C@H](CC(C)C)OC1=O. The number of benzene rings is 2. The molecule has 1 fully saturated rings. The van der Waals surface area contributed by atoms with E-state index in [1.165, 1.54) is 32.4 Å². The average Bonchev–Trinajstić information content (AvgIpc) is 3.62. The maximum atomic E-state index is 14.0. The Hall–Kier alpha value is -4.76. The highest BCUT2D eigenvalue weighted by Crippen LogP contribution is 2.39. The molecule has 8 atom stereocenters. The first-order valence-corrected chi connectivity index (χ1v) is 18.8. The smallest absolute Gasteiger partial charge is 0.347 e. The van der Waals surface area contributed by atoms with Gasteiger partial charge in [-0.2, -0.15) is 0 Å². The predicted octanol–water partition coefficient (Wildman–Crippen LogP) is 4.78. The van der Waals surface area contributed by atoms with Crippen molar-refractivity contribution in [2.45, 2.75) is 83.4 Å². The molecule has 0 spiro atoms. The number of ether oxygens (including phenoxy) is 7. The van der Waals surface area contributed by atoms with Gasteiger partial charge in [-0.15, -0.1) is 0 Å². The highest BCUT2D eigenvalue weighted by atomic mass is 35.5. The predicted molar refractivity (Wildman–Crippen MR) is 204 cm³/mol. The molecule has 304 valence electrons. The molecule has 4 rings (SSSR count). The van der Waals surface area contributed by atoms with Crippen LogP contribution in [-0.2, 0) is 58.8 Å². The topological polar surface area (TPSA) is 174 Å². The molecular weight excluding hydrogens is 748 g/mol. The Morgan fingerprint density at radius 3 is 2.43 bits per heavy atom. The van der Waals surface area contributed by atoms with Gasteiger partial charge < -0.3 is 43.8 Å². The fraction of sp³-hybridized carbons (Fsp3) is 0.488. The van der Waals surface area contributed by atoms with E-state index in [0.717, 1.165) is 5.56 Å². The summed E-state index contributed by atoms with van der Waals surface area (Å²) in [5.74, 6) is -5.29. The van der Waals surface area contributed by atoms with Crippen LogP contribution in [0.1, 0.15) is 57.3 Å². The van der Waals surface area contributed by atoms with Crippen molar-refractivity contribution in [1.29, 1.82) is 0 Å². The number of hydrogen-bond donors (Lipinski definition) is 2. The summed E-state index contributed by atoms with van der Waals surface area (Å²) in [7, 11) is 2.92. The number of carbonyl (C=O) groups is 5. The van der Waals surface area contributed by atoms with Crippen LogP contribution in [0.25, 0.3) is 0 Å².